The molecular weight excluding hydrogens is 270 g/mol. The zero-order valence-corrected chi connectivity index (χ0v) is 8.58. The van der Waals surface area contributed by atoms with Crippen molar-refractivity contribution in [1.29, 1.82) is 0 Å². The third-order valence-corrected chi connectivity index (χ3v) is 2.59. The number of benzene rings is 1. The van der Waals surface area contributed by atoms with E-state index in [-0.39, 0.29) is 11.9 Å². The second-order valence-electron chi connectivity index (χ2n) is 2.51. The van der Waals surface area contributed by atoms with Crippen LogP contribution in [0.15, 0.2) is 18.2 Å². The van der Waals surface area contributed by atoms with Crippen molar-refractivity contribution in [3.63, 3.8) is 0 Å². The van der Waals surface area contributed by atoms with E-state index in [1.54, 1.807) is 6.07 Å². The van der Waals surface area contributed by atoms with Crippen molar-refractivity contribution in [2.24, 2.45) is 11.5 Å². The molecule has 2 nitrogen and oxygen atoms in total. The van der Waals surface area contributed by atoms with E-state index < -0.39 is 0 Å². The molecule has 1 aromatic rings. The molecule has 66 valence electrons. The fraction of sp³-hybridized carbons (Fsp3) is 0.250. The largest absolute Gasteiger partial charge is 0.329 e. The molecule has 12 heavy (non-hydrogen) atoms. The monoisotopic (exact) mass is 280 g/mol. The molecule has 0 radical (unpaired) electrons. The first-order chi connectivity index (χ1) is 5.65. The van der Waals surface area contributed by atoms with Crippen molar-refractivity contribution in [2.75, 3.05) is 6.54 Å². The van der Waals surface area contributed by atoms with Crippen LogP contribution in [0.3, 0.4) is 0 Å². The number of hydrogen-bond donors (Lipinski definition) is 2. The highest BCUT2D eigenvalue weighted by Gasteiger charge is 2.08. The van der Waals surface area contributed by atoms with Crippen LogP contribution in [0, 0.1) is 9.39 Å². The summed E-state index contributed by atoms with van der Waals surface area (Å²) in [6, 6.07) is 4.27. The van der Waals surface area contributed by atoms with Crippen LogP contribution in [0.5, 0.6) is 0 Å². The molecule has 4 heteroatoms. The third kappa shape index (κ3) is 2.15. The quantitative estimate of drug-likeness (QED) is 0.804. The van der Waals surface area contributed by atoms with E-state index in [1.807, 2.05) is 0 Å². The van der Waals surface area contributed by atoms with Gasteiger partial charge in [0.15, 0.2) is 0 Å². The first-order valence-corrected chi connectivity index (χ1v) is 4.63. The zero-order valence-electron chi connectivity index (χ0n) is 6.43. The van der Waals surface area contributed by atoms with Gasteiger partial charge in [-0.15, -0.1) is 0 Å². The predicted molar refractivity (Wildman–Crippen MR) is 55.1 cm³/mol. The molecule has 0 amide bonds. The van der Waals surface area contributed by atoms with E-state index in [4.69, 9.17) is 11.5 Å². The van der Waals surface area contributed by atoms with Crippen molar-refractivity contribution in [3.05, 3.63) is 33.1 Å². The lowest BCUT2D eigenvalue weighted by Gasteiger charge is -2.10. The molecule has 0 aromatic heterocycles. The fourth-order valence-corrected chi connectivity index (χ4v) is 1.66. The first kappa shape index (κ1) is 9.88. The van der Waals surface area contributed by atoms with Gasteiger partial charge in [-0.05, 0) is 46.4 Å². The number of hydrogen-bond acceptors (Lipinski definition) is 2. The highest BCUT2D eigenvalue weighted by molar-refractivity contribution is 14.1. The van der Waals surface area contributed by atoms with E-state index in [9.17, 15) is 4.39 Å². The third-order valence-electron chi connectivity index (χ3n) is 1.61. The van der Waals surface area contributed by atoms with Gasteiger partial charge in [-0.2, -0.15) is 0 Å². The summed E-state index contributed by atoms with van der Waals surface area (Å²) in [7, 11) is 0. The molecule has 0 bridgehead atoms. The van der Waals surface area contributed by atoms with Gasteiger partial charge in [-0.3, -0.25) is 0 Å². The highest BCUT2D eigenvalue weighted by Crippen LogP contribution is 2.18. The Labute approximate surface area is 84.3 Å². The number of nitrogens with two attached hydrogens (primary N) is 2. The molecule has 0 aliphatic carbocycles. The van der Waals surface area contributed by atoms with Gasteiger partial charge < -0.3 is 11.5 Å². The van der Waals surface area contributed by atoms with Crippen LogP contribution in [-0.4, -0.2) is 6.54 Å². The molecule has 0 saturated heterocycles. The normalized spacial score (nSPS) is 13.0. The van der Waals surface area contributed by atoms with E-state index in [0.29, 0.717) is 6.54 Å². The van der Waals surface area contributed by atoms with E-state index in [2.05, 4.69) is 22.6 Å². The van der Waals surface area contributed by atoms with Crippen LogP contribution >= 0.6 is 22.6 Å². The van der Waals surface area contributed by atoms with Crippen molar-refractivity contribution in [2.45, 2.75) is 6.04 Å². The average molecular weight is 280 g/mol. The SMILES string of the molecule is NC[C@H](N)c1cc(F)ccc1I. The molecule has 0 unspecified atom stereocenters. The van der Waals surface area contributed by atoms with Crippen LogP contribution in [-0.2, 0) is 0 Å². The molecule has 0 spiro atoms. The molecule has 0 fully saturated rings. The summed E-state index contributed by atoms with van der Waals surface area (Å²) in [5, 5.41) is 0. The van der Waals surface area contributed by atoms with Gasteiger partial charge in [-0.25, -0.2) is 4.39 Å². The summed E-state index contributed by atoms with van der Waals surface area (Å²) < 4.78 is 13.7. The van der Waals surface area contributed by atoms with Gasteiger partial charge in [0.1, 0.15) is 5.82 Å². The predicted octanol–water partition coefficient (Wildman–Crippen LogP) is 1.39. The Hall–Kier alpha value is -0.200. The Balaban J connectivity index is 3.04. The smallest absolute Gasteiger partial charge is 0.123 e. The van der Waals surface area contributed by atoms with Crippen molar-refractivity contribution >= 4 is 22.6 Å². The summed E-state index contributed by atoms with van der Waals surface area (Å²) in [5.74, 6) is -0.269. The number of halogens is 2. The van der Waals surface area contributed by atoms with Crippen molar-refractivity contribution < 1.29 is 4.39 Å². The van der Waals surface area contributed by atoms with Gasteiger partial charge in [0.2, 0.25) is 0 Å². The van der Waals surface area contributed by atoms with Crippen molar-refractivity contribution in [3.8, 4) is 0 Å². The Morgan fingerprint density at radius 3 is 2.75 bits per heavy atom. The summed E-state index contributed by atoms with van der Waals surface area (Å²) in [4.78, 5) is 0. The van der Waals surface area contributed by atoms with Gasteiger partial charge >= 0.3 is 0 Å². The molecule has 1 aromatic carbocycles. The lowest BCUT2D eigenvalue weighted by atomic mass is 10.1. The minimum Gasteiger partial charge on any atom is -0.329 e. The molecule has 1 atom stereocenters. The van der Waals surface area contributed by atoms with Gasteiger partial charge in [0.25, 0.3) is 0 Å². The summed E-state index contributed by atoms with van der Waals surface area (Å²) in [6.07, 6.45) is 0. The van der Waals surface area contributed by atoms with Crippen LogP contribution in [0.4, 0.5) is 4.39 Å². The van der Waals surface area contributed by atoms with Gasteiger partial charge in [0, 0.05) is 16.2 Å². The Morgan fingerprint density at radius 1 is 1.50 bits per heavy atom. The minimum absolute atomic E-state index is 0.269. The van der Waals surface area contributed by atoms with Crippen LogP contribution in [0.1, 0.15) is 11.6 Å². The standard InChI is InChI=1S/C8H10FIN2/c9-5-1-2-7(10)6(3-5)8(12)4-11/h1-3,8H,4,11-12H2/t8-/m0/s1. The lowest BCUT2D eigenvalue weighted by molar-refractivity contribution is 0.619. The topological polar surface area (TPSA) is 52.0 Å². The van der Waals surface area contributed by atoms with E-state index in [1.165, 1.54) is 12.1 Å². The maximum Gasteiger partial charge on any atom is 0.123 e. The molecule has 0 aliphatic heterocycles. The molecular formula is C8H10FIN2. The Morgan fingerprint density at radius 2 is 2.17 bits per heavy atom. The Kier molecular flexibility index (Phi) is 3.42. The van der Waals surface area contributed by atoms with Crippen LogP contribution in [0.25, 0.3) is 0 Å². The average Bonchev–Trinajstić information content (AvgIpc) is 2.08. The summed E-state index contributed by atoms with van der Waals surface area (Å²) in [5.41, 5.74) is 11.8. The van der Waals surface area contributed by atoms with Gasteiger partial charge in [0.05, 0.1) is 0 Å². The lowest BCUT2D eigenvalue weighted by Crippen LogP contribution is -2.21. The maximum absolute atomic E-state index is 12.7. The minimum atomic E-state index is -0.271. The molecule has 0 saturated carbocycles. The molecule has 4 N–H and O–H groups in total. The van der Waals surface area contributed by atoms with E-state index >= 15 is 0 Å². The second kappa shape index (κ2) is 4.15. The van der Waals surface area contributed by atoms with Gasteiger partial charge in [-0.1, -0.05) is 0 Å². The highest BCUT2D eigenvalue weighted by atomic mass is 127. The number of rotatable bonds is 2. The fourth-order valence-electron chi connectivity index (χ4n) is 0.926. The summed E-state index contributed by atoms with van der Waals surface area (Å²) >= 11 is 2.11. The van der Waals surface area contributed by atoms with Crippen LogP contribution in [0.2, 0.25) is 0 Å². The summed E-state index contributed by atoms with van der Waals surface area (Å²) in [6.45, 7) is 0.333. The van der Waals surface area contributed by atoms with E-state index in [0.717, 1.165) is 9.13 Å². The second-order valence-corrected chi connectivity index (χ2v) is 3.67. The maximum atomic E-state index is 12.7. The first-order valence-electron chi connectivity index (χ1n) is 3.55. The Bertz CT molecular complexity index is 278. The molecule has 0 aliphatic rings. The van der Waals surface area contributed by atoms with Crippen molar-refractivity contribution in [1.82, 2.24) is 0 Å². The van der Waals surface area contributed by atoms with Crippen LogP contribution < -0.4 is 11.5 Å². The zero-order chi connectivity index (χ0) is 9.14. The molecule has 1 rings (SSSR count). The molecule has 0 heterocycles.